The van der Waals surface area contributed by atoms with Crippen LogP contribution in [0.25, 0.3) is 0 Å². The molecule has 0 aromatic heterocycles. The molecule has 3 rings (SSSR count). The molecule has 0 unspecified atom stereocenters. The van der Waals surface area contributed by atoms with Crippen molar-refractivity contribution in [2.24, 2.45) is 0 Å². The summed E-state index contributed by atoms with van der Waals surface area (Å²) in [4.78, 5) is 14.8. The number of hydrogen-bond donors (Lipinski definition) is 2. The van der Waals surface area contributed by atoms with Crippen molar-refractivity contribution in [1.29, 1.82) is 5.41 Å². The van der Waals surface area contributed by atoms with Crippen molar-refractivity contribution in [1.82, 2.24) is 4.90 Å². The highest BCUT2D eigenvalue weighted by Gasteiger charge is 2.30. The third-order valence-corrected chi connectivity index (χ3v) is 5.39. The fourth-order valence-corrected chi connectivity index (χ4v) is 3.70. The Morgan fingerprint density at radius 1 is 1.07 bits per heavy atom. The summed E-state index contributed by atoms with van der Waals surface area (Å²) >= 11 is 0. The van der Waals surface area contributed by atoms with E-state index in [9.17, 15) is 14.3 Å². The number of ketones is 1. The molecule has 4 nitrogen and oxygen atoms in total. The van der Waals surface area contributed by atoms with Crippen molar-refractivity contribution in [2.45, 2.75) is 58.9 Å². The molecule has 0 radical (unpaired) electrons. The predicted octanol–water partition coefficient (Wildman–Crippen LogP) is 5.15. The van der Waals surface area contributed by atoms with Crippen LogP contribution < -0.4 is 0 Å². The van der Waals surface area contributed by atoms with E-state index in [-0.39, 0.29) is 40.6 Å². The smallest absolute Gasteiger partial charge is 0.182 e. The van der Waals surface area contributed by atoms with E-state index in [0.29, 0.717) is 17.7 Å². The maximum absolute atomic E-state index is 13.5. The van der Waals surface area contributed by atoms with E-state index in [1.165, 1.54) is 12.1 Å². The first kappa shape index (κ1) is 21.0. The van der Waals surface area contributed by atoms with Gasteiger partial charge in [0.05, 0.1) is 6.54 Å². The highest BCUT2D eigenvalue weighted by Crippen LogP contribution is 2.40. The largest absolute Gasteiger partial charge is 0.507 e. The zero-order valence-corrected chi connectivity index (χ0v) is 18.0. The van der Waals surface area contributed by atoms with Crippen LogP contribution in [0.15, 0.2) is 30.3 Å². The van der Waals surface area contributed by atoms with Gasteiger partial charge in [0.1, 0.15) is 17.4 Å². The number of carbonyl (C=O) groups is 1. The Kier molecular flexibility index (Phi) is 5.06. The summed E-state index contributed by atoms with van der Waals surface area (Å²) in [5.41, 5.74) is 2.72. The Morgan fingerprint density at radius 2 is 1.62 bits per heavy atom. The molecule has 0 spiro atoms. The third-order valence-electron chi connectivity index (χ3n) is 5.39. The minimum atomic E-state index is -0.384. The Labute approximate surface area is 171 Å². The minimum Gasteiger partial charge on any atom is -0.507 e. The van der Waals surface area contributed by atoms with Gasteiger partial charge < -0.3 is 10.0 Å². The van der Waals surface area contributed by atoms with Gasteiger partial charge in [-0.05, 0) is 40.7 Å². The molecule has 5 heteroatoms. The van der Waals surface area contributed by atoms with Gasteiger partial charge in [-0.3, -0.25) is 10.2 Å². The zero-order chi connectivity index (χ0) is 21.7. The van der Waals surface area contributed by atoms with Crippen molar-refractivity contribution in [3.63, 3.8) is 0 Å². The van der Waals surface area contributed by atoms with Gasteiger partial charge in [-0.2, -0.15) is 0 Å². The average molecular weight is 397 g/mol. The Bertz CT molecular complexity index is 962. The van der Waals surface area contributed by atoms with E-state index in [1.54, 1.807) is 23.1 Å². The second kappa shape index (κ2) is 6.97. The lowest BCUT2D eigenvalue weighted by atomic mass is 9.78. The van der Waals surface area contributed by atoms with Crippen molar-refractivity contribution in [2.75, 3.05) is 6.54 Å². The van der Waals surface area contributed by atoms with Gasteiger partial charge in [0.25, 0.3) is 0 Å². The van der Waals surface area contributed by atoms with E-state index < -0.39 is 0 Å². The molecule has 2 N–H and O–H groups in total. The predicted molar refractivity (Wildman–Crippen MR) is 113 cm³/mol. The molecule has 0 atom stereocenters. The van der Waals surface area contributed by atoms with Crippen LogP contribution in [-0.4, -0.2) is 28.2 Å². The number of Topliss-reactive ketones (excluding diaryl/α,β-unsaturated/α-hetero) is 1. The topological polar surface area (TPSA) is 64.4 Å². The number of nitrogens with one attached hydrogen (secondary N) is 1. The van der Waals surface area contributed by atoms with Crippen LogP contribution in [0, 0.1) is 11.2 Å². The monoisotopic (exact) mass is 396 g/mol. The first-order valence-corrected chi connectivity index (χ1v) is 9.82. The lowest BCUT2D eigenvalue weighted by Crippen LogP contribution is -2.30. The number of fused-ring (bicyclic) bond motifs is 1. The number of nitrogens with zero attached hydrogens (tertiary/aromatic N) is 1. The maximum Gasteiger partial charge on any atom is 0.182 e. The molecule has 1 aliphatic heterocycles. The van der Waals surface area contributed by atoms with E-state index in [0.717, 1.165) is 16.7 Å². The number of rotatable bonds is 3. The number of hydrogen-bond acceptors (Lipinski definition) is 3. The van der Waals surface area contributed by atoms with E-state index in [2.05, 4.69) is 0 Å². The standard InChI is InChI=1S/C24H29FN2O2/c1-23(2,3)18-9-15(10-19(21(18)29)24(4,5)6)20(28)13-27-12-14-7-8-16(25)11-17(14)22(27)26/h7-11,26,29H,12-13H2,1-6H3. The van der Waals surface area contributed by atoms with Crippen LogP contribution in [-0.2, 0) is 17.4 Å². The fourth-order valence-electron chi connectivity index (χ4n) is 3.70. The second-order valence-electron chi connectivity index (χ2n) is 9.85. The zero-order valence-electron chi connectivity index (χ0n) is 18.0. The van der Waals surface area contributed by atoms with Gasteiger partial charge in [-0.15, -0.1) is 0 Å². The number of halogens is 1. The van der Waals surface area contributed by atoms with E-state index >= 15 is 0 Å². The highest BCUT2D eigenvalue weighted by molar-refractivity contribution is 6.05. The lowest BCUT2D eigenvalue weighted by Gasteiger charge is -2.28. The van der Waals surface area contributed by atoms with Crippen LogP contribution in [0.2, 0.25) is 0 Å². The van der Waals surface area contributed by atoms with Crippen LogP contribution in [0.1, 0.15) is 74.2 Å². The molecule has 2 aromatic rings. The van der Waals surface area contributed by atoms with Gasteiger partial charge in [0.2, 0.25) is 0 Å². The van der Waals surface area contributed by atoms with Gasteiger partial charge >= 0.3 is 0 Å². The highest BCUT2D eigenvalue weighted by atomic mass is 19.1. The van der Waals surface area contributed by atoms with Gasteiger partial charge in [-0.25, -0.2) is 4.39 Å². The normalized spacial score (nSPS) is 14.3. The number of phenols is 1. The molecular weight excluding hydrogens is 367 g/mol. The van der Waals surface area contributed by atoms with Gasteiger partial charge in [-0.1, -0.05) is 47.6 Å². The van der Waals surface area contributed by atoms with Crippen LogP contribution in [0.4, 0.5) is 4.39 Å². The number of aromatic hydroxyl groups is 1. The Morgan fingerprint density at radius 3 is 2.14 bits per heavy atom. The quantitative estimate of drug-likeness (QED) is 0.705. The summed E-state index contributed by atoms with van der Waals surface area (Å²) < 4.78 is 13.5. The molecule has 0 saturated carbocycles. The molecular formula is C24H29FN2O2. The molecule has 2 aromatic carbocycles. The molecule has 0 fully saturated rings. The maximum atomic E-state index is 13.5. The SMILES string of the molecule is CC(C)(C)c1cc(C(=O)CN2Cc3ccc(F)cc3C2=N)cc(C(C)(C)C)c1O. The number of benzene rings is 2. The van der Waals surface area contributed by atoms with Crippen molar-refractivity contribution in [3.8, 4) is 5.75 Å². The Balaban J connectivity index is 1.95. The molecule has 0 amide bonds. The first-order chi connectivity index (χ1) is 13.3. The van der Waals surface area contributed by atoms with Crippen molar-refractivity contribution >= 4 is 11.6 Å². The van der Waals surface area contributed by atoms with Crippen LogP contribution >= 0.6 is 0 Å². The minimum absolute atomic E-state index is 0.0348. The van der Waals surface area contributed by atoms with Crippen molar-refractivity contribution in [3.05, 3.63) is 64.0 Å². The Hall–Kier alpha value is -2.69. The second-order valence-corrected chi connectivity index (χ2v) is 9.85. The summed E-state index contributed by atoms with van der Waals surface area (Å²) in [5, 5.41) is 19.2. The summed E-state index contributed by atoms with van der Waals surface area (Å²) in [6.07, 6.45) is 0. The van der Waals surface area contributed by atoms with Gasteiger partial charge in [0.15, 0.2) is 5.78 Å². The number of phenolic OH excluding ortho intramolecular Hbond substituents is 1. The molecule has 1 aliphatic rings. The summed E-state index contributed by atoms with van der Waals surface area (Å²) in [7, 11) is 0. The molecule has 0 aliphatic carbocycles. The van der Waals surface area contributed by atoms with E-state index in [4.69, 9.17) is 5.41 Å². The summed E-state index contributed by atoms with van der Waals surface area (Å²) in [6, 6.07) is 7.92. The average Bonchev–Trinajstić information content (AvgIpc) is 2.88. The van der Waals surface area contributed by atoms with E-state index in [1.807, 2.05) is 41.5 Å². The first-order valence-electron chi connectivity index (χ1n) is 9.82. The summed E-state index contributed by atoms with van der Waals surface area (Å²) in [6.45, 7) is 12.5. The molecule has 1 heterocycles. The fraction of sp³-hybridized carbons (Fsp3) is 0.417. The lowest BCUT2D eigenvalue weighted by molar-refractivity contribution is 0.0962. The van der Waals surface area contributed by atoms with Crippen molar-refractivity contribution < 1.29 is 14.3 Å². The number of carbonyl (C=O) groups excluding carboxylic acids is 1. The molecule has 0 saturated heterocycles. The molecule has 0 bridgehead atoms. The van der Waals surface area contributed by atoms with Crippen LogP contribution in [0.5, 0.6) is 5.75 Å². The third kappa shape index (κ3) is 4.04. The van der Waals surface area contributed by atoms with Crippen LogP contribution in [0.3, 0.4) is 0 Å². The number of amidine groups is 1. The molecule has 154 valence electrons. The van der Waals surface area contributed by atoms with Gasteiger partial charge in [0, 0.05) is 28.8 Å². The summed E-state index contributed by atoms with van der Waals surface area (Å²) in [5.74, 6) is -0.110. The molecule has 29 heavy (non-hydrogen) atoms.